The van der Waals surface area contributed by atoms with E-state index in [1.54, 1.807) is 25.0 Å². The van der Waals surface area contributed by atoms with Crippen LogP contribution >= 0.6 is 0 Å². The number of nitrogens with one attached hydrogen (secondary N) is 2. The molecule has 1 saturated heterocycles. The summed E-state index contributed by atoms with van der Waals surface area (Å²) in [5, 5.41) is 10.6. The summed E-state index contributed by atoms with van der Waals surface area (Å²) in [6.45, 7) is 3.79. The summed E-state index contributed by atoms with van der Waals surface area (Å²) in [6, 6.07) is 6.34. The van der Waals surface area contributed by atoms with Gasteiger partial charge in [0.2, 0.25) is 11.8 Å². The Balaban J connectivity index is 1.15. The molecular weight excluding hydrogens is 735 g/mol. The van der Waals surface area contributed by atoms with Gasteiger partial charge in [0.1, 0.15) is 40.1 Å². The van der Waals surface area contributed by atoms with E-state index in [4.69, 9.17) is 14.5 Å². The lowest BCUT2D eigenvalue weighted by molar-refractivity contribution is -0.142. The standard InChI is InChI=1S/C42H51N5O8S/c1-4-31-37-29(30-21-28(54-3)12-13-32(30)44-31)14-16-41(55-37)23-34-38(50)45-42(36(49)24-56(52,53)40(2)17-18-40)22-27(42)11-9-7-5-6-8-10-26(39(51)47(34)25-41)20-35(48)33-15-19-43-46-33/h9,11-13,15,19,21,26-27,34H,4-8,10,14,16-18,20,22-25H2,1-3H3,(H,43,46)(H,45,50)/b11-9-/t26-,27-,34+,41-,42-/m1/s1. The predicted octanol–water partition coefficient (Wildman–Crippen LogP) is 5.01. The van der Waals surface area contributed by atoms with Gasteiger partial charge in [0.15, 0.2) is 21.4 Å². The van der Waals surface area contributed by atoms with Crippen molar-refractivity contribution in [2.45, 2.75) is 119 Å². The summed E-state index contributed by atoms with van der Waals surface area (Å²) >= 11 is 0. The number of sulfone groups is 1. The van der Waals surface area contributed by atoms with E-state index in [0.717, 1.165) is 41.4 Å². The van der Waals surface area contributed by atoms with Gasteiger partial charge in [0, 0.05) is 41.8 Å². The molecule has 3 fully saturated rings. The predicted molar refractivity (Wildman–Crippen MR) is 208 cm³/mol. The van der Waals surface area contributed by atoms with Gasteiger partial charge >= 0.3 is 0 Å². The quantitative estimate of drug-likeness (QED) is 0.221. The van der Waals surface area contributed by atoms with E-state index >= 15 is 0 Å². The van der Waals surface area contributed by atoms with Crippen LogP contribution in [0.1, 0.15) is 106 Å². The average Bonchev–Trinajstić information content (AvgIpc) is 3.96. The van der Waals surface area contributed by atoms with Gasteiger partial charge in [-0.1, -0.05) is 31.9 Å². The number of H-pyrrole nitrogens is 1. The number of benzene rings is 1. The number of rotatable bonds is 9. The van der Waals surface area contributed by atoms with Crippen molar-refractivity contribution in [3.05, 3.63) is 59.6 Å². The van der Waals surface area contributed by atoms with E-state index in [0.29, 0.717) is 68.6 Å². The Morgan fingerprint density at radius 1 is 1.09 bits per heavy atom. The number of carbonyl (C=O) groups excluding carboxylic acids is 4. The molecule has 2 aromatic heterocycles. The fourth-order valence-electron chi connectivity index (χ4n) is 9.07. The van der Waals surface area contributed by atoms with Crippen molar-refractivity contribution in [2.75, 3.05) is 19.4 Å². The number of carbonyl (C=O) groups is 4. The van der Waals surface area contributed by atoms with Gasteiger partial charge in [-0.15, -0.1) is 0 Å². The molecule has 3 aliphatic heterocycles. The molecule has 0 unspecified atom stereocenters. The van der Waals surface area contributed by atoms with Gasteiger partial charge in [-0.25, -0.2) is 13.4 Å². The molecule has 8 rings (SSSR count). The number of amides is 2. The van der Waals surface area contributed by atoms with Crippen molar-refractivity contribution < 1.29 is 37.1 Å². The minimum Gasteiger partial charge on any atom is -0.497 e. The zero-order chi connectivity index (χ0) is 39.5. The van der Waals surface area contributed by atoms with E-state index < -0.39 is 55.1 Å². The summed E-state index contributed by atoms with van der Waals surface area (Å²) < 4.78 is 38.3. The Kier molecular flexibility index (Phi) is 9.85. The largest absolute Gasteiger partial charge is 0.497 e. The second-order valence-electron chi connectivity index (χ2n) is 16.8. The van der Waals surface area contributed by atoms with Crippen LogP contribution in [0.3, 0.4) is 0 Å². The van der Waals surface area contributed by atoms with Crippen LogP contribution in [0.2, 0.25) is 0 Å². The Morgan fingerprint density at radius 3 is 2.64 bits per heavy atom. The average molecular weight is 786 g/mol. The van der Waals surface area contributed by atoms with E-state index in [-0.39, 0.29) is 37.0 Å². The highest BCUT2D eigenvalue weighted by Gasteiger charge is 2.63. The van der Waals surface area contributed by atoms with Crippen LogP contribution in [-0.4, -0.2) is 93.2 Å². The topological polar surface area (TPSA) is 178 Å². The lowest BCUT2D eigenvalue weighted by atomic mass is 9.87. The molecule has 5 atom stereocenters. The smallest absolute Gasteiger partial charge is 0.243 e. The van der Waals surface area contributed by atoms with Crippen LogP contribution in [0, 0.1) is 11.8 Å². The first-order chi connectivity index (χ1) is 26.8. The summed E-state index contributed by atoms with van der Waals surface area (Å²) in [5.41, 5.74) is 0.599. The van der Waals surface area contributed by atoms with Crippen LogP contribution in [0.15, 0.2) is 42.6 Å². The van der Waals surface area contributed by atoms with E-state index in [9.17, 15) is 27.6 Å². The number of pyridine rings is 1. The number of allylic oxidation sites excluding steroid dienone is 1. The second-order valence-corrected chi connectivity index (χ2v) is 19.3. The highest BCUT2D eigenvalue weighted by molar-refractivity contribution is 7.93. The van der Waals surface area contributed by atoms with E-state index in [1.807, 2.05) is 37.3 Å². The minimum absolute atomic E-state index is 0.0543. The first-order valence-electron chi connectivity index (χ1n) is 20.1. The molecule has 2 N–H and O–H groups in total. The second kappa shape index (κ2) is 14.4. The van der Waals surface area contributed by atoms with Crippen LogP contribution in [0.25, 0.3) is 10.9 Å². The van der Waals surface area contributed by atoms with Crippen molar-refractivity contribution in [1.29, 1.82) is 0 Å². The number of hydrogen-bond acceptors (Lipinski definition) is 10. The van der Waals surface area contributed by atoms with Crippen molar-refractivity contribution >= 4 is 44.1 Å². The molecule has 298 valence electrons. The zero-order valence-corrected chi connectivity index (χ0v) is 33.2. The summed E-state index contributed by atoms with van der Waals surface area (Å²) in [7, 11) is -2.11. The van der Waals surface area contributed by atoms with Crippen molar-refractivity contribution in [1.82, 2.24) is 25.4 Å². The molecule has 0 radical (unpaired) electrons. The molecule has 13 nitrogen and oxygen atoms in total. The van der Waals surface area contributed by atoms with E-state index in [1.165, 1.54) is 6.20 Å². The highest BCUT2D eigenvalue weighted by atomic mass is 32.2. The molecule has 2 saturated carbocycles. The number of nitrogens with zero attached hydrogens (tertiary/aromatic N) is 3. The zero-order valence-electron chi connectivity index (χ0n) is 32.4. The fourth-order valence-corrected chi connectivity index (χ4v) is 10.7. The number of ether oxygens (including phenoxy) is 2. The third kappa shape index (κ3) is 6.91. The van der Waals surface area contributed by atoms with Gasteiger partial charge in [-0.05, 0) is 89.0 Å². The molecule has 14 heteroatoms. The Bertz CT molecular complexity index is 2220. The normalized spacial score (nSPS) is 29.2. The molecule has 5 aliphatic rings. The Morgan fingerprint density at radius 2 is 1.91 bits per heavy atom. The minimum atomic E-state index is -3.73. The first-order valence-corrected chi connectivity index (χ1v) is 21.7. The summed E-state index contributed by atoms with van der Waals surface area (Å²) in [4.78, 5) is 63.7. The van der Waals surface area contributed by atoms with Crippen LogP contribution < -0.4 is 14.8 Å². The number of Topliss-reactive ketones (excluding diaryl/α,β-unsaturated/α-hetero) is 2. The maximum absolute atomic E-state index is 14.9. The molecule has 3 aromatic rings. The SMILES string of the molecule is CCc1nc2ccc(OC)cc2c2c1O[C@]1(CC2)C[C@H]2C(=O)N[C@]3(C(=O)CS(=O)(=O)C4(C)CC4)C[C@H]3/C=C\CCCCC[C@H](CC(=O)c3ccn[nH]3)C(=O)N2C1. The van der Waals surface area contributed by atoms with Gasteiger partial charge in [-0.3, -0.25) is 24.3 Å². The fraction of sp³-hybridized carbons (Fsp3) is 0.571. The van der Waals surface area contributed by atoms with Crippen molar-refractivity contribution in [3.8, 4) is 11.5 Å². The number of fused-ring (bicyclic) bond motifs is 5. The third-order valence-corrected chi connectivity index (χ3v) is 15.6. The summed E-state index contributed by atoms with van der Waals surface area (Å²) in [6.07, 6.45) is 12.2. The third-order valence-electron chi connectivity index (χ3n) is 13.0. The summed E-state index contributed by atoms with van der Waals surface area (Å²) in [5.74, 6) is -1.94. The van der Waals surface area contributed by atoms with Crippen LogP contribution in [0.5, 0.6) is 11.5 Å². The van der Waals surface area contributed by atoms with Crippen LogP contribution in [-0.2, 0) is 37.1 Å². The van der Waals surface area contributed by atoms with Gasteiger partial charge in [0.25, 0.3) is 0 Å². The molecular formula is C42H51N5O8S. The number of ketones is 2. The molecule has 0 bridgehead atoms. The number of hydrogen-bond donors (Lipinski definition) is 2. The number of aromatic nitrogens is 3. The molecule has 56 heavy (non-hydrogen) atoms. The number of aromatic amines is 1. The van der Waals surface area contributed by atoms with Crippen LogP contribution in [0.4, 0.5) is 0 Å². The monoisotopic (exact) mass is 785 g/mol. The lowest BCUT2D eigenvalue weighted by Crippen LogP contribution is -2.55. The molecule has 2 aliphatic carbocycles. The molecule has 1 spiro atoms. The van der Waals surface area contributed by atoms with Crippen molar-refractivity contribution in [2.24, 2.45) is 11.8 Å². The molecule has 5 heterocycles. The van der Waals surface area contributed by atoms with Gasteiger partial charge in [-0.2, -0.15) is 5.10 Å². The first kappa shape index (κ1) is 38.3. The molecule has 2 amide bonds. The van der Waals surface area contributed by atoms with Crippen molar-refractivity contribution in [3.63, 3.8) is 0 Å². The maximum atomic E-state index is 14.9. The highest BCUT2D eigenvalue weighted by Crippen LogP contribution is 2.50. The Labute approximate surface area is 327 Å². The van der Waals surface area contributed by atoms with Gasteiger partial charge in [0.05, 0.1) is 29.6 Å². The van der Waals surface area contributed by atoms with Gasteiger partial charge < -0.3 is 19.7 Å². The van der Waals surface area contributed by atoms with E-state index in [2.05, 4.69) is 15.5 Å². The lowest BCUT2D eigenvalue weighted by Gasteiger charge is -2.37. The number of aryl methyl sites for hydroxylation is 2. The number of methoxy groups -OCH3 is 1. The maximum Gasteiger partial charge on any atom is 0.243 e. The molecule has 1 aromatic carbocycles. The Hall–Kier alpha value is -4.59.